The minimum Gasteiger partial charge on any atom is -1.00 e. The fourth-order valence-corrected chi connectivity index (χ4v) is 7.98. The molecule has 0 unspecified atom stereocenters. The standard InChI is InChI=1S/C44H47N3O.ClH/c1-7-30-45-40(48)25-13-10-18-31-47-37-29-27-33-20-15-17-22-35(33)42(37)44(5,6)39(47)24-12-9-11-23-38-43(3,4)41-34-21-16-14-19-32(34)26-28-36(41)46(38)8-2;/h1,9,11-12,14-17,19-24,26-29H,8,10,13,18,25,30-31H2,2-6H3;1H. The van der Waals surface area contributed by atoms with Crippen molar-refractivity contribution in [2.45, 2.75) is 71.1 Å². The summed E-state index contributed by atoms with van der Waals surface area (Å²) in [5.74, 6) is 2.50. The molecule has 0 saturated heterocycles. The van der Waals surface area contributed by atoms with Crippen LogP contribution in [0.4, 0.5) is 11.4 Å². The number of halogens is 1. The Morgan fingerprint density at radius 1 is 0.837 bits per heavy atom. The monoisotopic (exact) mass is 669 g/mol. The average molecular weight is 670 g/mol. The molecular weight excluding hydrogens is 622 g/mol. The fourth-order valence-electron chi connectivity index (χ4n) is 7.98. The van der Waals surface area contributed by atoms with Gasteiger partial charge in [-0.05, 0) is 78.9 Å². The summed E-state index contributed by atoms with van der Waals surface area (Å²) in [6.45, 7) is 13.8. The molecule has 2 heterocycles. The predicted octanol–water partition coefficient (Wildman–Crippen LogP) is 6.50. The van der Waals surface area contributed by atoms with Crippen LogP contribution in [0.5, 0.6) is 0 Å². The molecule has 6 rings (SSSR count). The van der Waals surface area contributed by atoms with Crippen LogP contribution in [-0.4, -0.2) is 35.8 Å². The molecule has 0 atom stereocenters. The van der Waals surface area contributed by atoms with Crippen LogP contribution in [0.1, 0.15) is 71.4 Å². The van der Waals surface area contributed by atoms with Crippen LogP contribution in [0.25, 0.3) is 21.5 Å². The summed E-state index contributed by atoms with van der Waals surface area (Å²) in [5, 5.41) is 7.99. The molecule has 4 aromatic rings. The third-order valence-electron chi connectivity index (χ3n) is 10.2. The first kappa shape index (κ1) is 35.7. The van der Waals surface area contributed by atoms with Gasteiger partial charge >= 0.3 is 0 Å². The summed E-state index contributed by atoms with van der Waals surface area (Å²) < 4.78 is 2.50. The molecule has 49 heavy (non-hydrogen) atoms. The van der Waals surface area contributed by atoms with Crippen molar-refractivity contribution in [2.24, 2.45) is 0 Å². The van der Waals surface area contributed by atoms with Gasteiger partial charge in [-0.1, -0.05) is 92.6 Å². The summed E-state index contributed by atoms with van der Waals surface area (Å²) in [5.41, 5.74) is 7.75. The van der Waals surface area contributed by atoms with Crippen molar-refractivity contribution in [3.63, 3.8) is 0 Å². The molecule has 1 amide bonds. The highest BCUT2D eigenvalue weighted by molar-refractivity contribution is 6.07. The van der Waals surface area contributed by atoms with E-state index in [1.165, 1.54) is 55.5 Å². The first-order chi connectivity index (χ1) is 23.2. The summed E-state index contributed by atoms with van der Waals surface area (Å²) >= 11 is 0. The fraction of sp³-hybridized carbons (Fsp3) is 0.318. The van der Waals surface area contributed by atoms with E-state index < -0.39 is 0 Å². The number of nitrogens with zero attached hydrogens (tertiary/aromatic N) is 2. The highest BCUT2D eigenvalue weighted by Crippen LogP contribution is 2.50. The van der Waals surface area contributed by atoms with Crippen LogP contribution in [0.15, 0.2) is 109 Å². The number of fused-ring (bicyclic) bond motifs is 6. The van der Waals surface area contributed by atoms with Crippen LogP contribution in [-0.2, 0) is 15.6 Å². The molecule has 5 heteroatoms. The Labute approximate surface area is 298 Å². The zero-order valence-corrected chi connectivity index (χ0v) is 30.3. The largest absolute Gasteiger partial charge is 1.00 e. The van der Waals surface area contributed by atoms with E-state index in [1.807, 2.05) is 0 Å². The van der Waals surface area contributed by atoms with Crippen molar-refractivity contribution >= 4 is 44.5 Å². The minimum atomic E-state index is -0.163. The number of hydrogen-bond donors (Lipinski definition) is 1. The molecule has 0 saturated carbocycles. The second kappa shape index (κ2) is 14.9. The van der Waals surface area contributed by atoms with Crippen LogP contribution < -0.4 is 22.6 Å². The Bertz CT molecular complexity index is 2040. The van der Waals surface area contributed by atoms with Gasteiger partial charge < -0.3 is 22.6 Å². The summed E-state index contributed by atoms with van der Waals surface area (Å²) in [6.07, 6.45) is 19.8. The Morgan fingerprint density at radius 3 is 2.20 bits per heavy atom. The van der Waals surface area contributed by atoms with Crippen LogP contribution in [0.2, 0.25) is 0 Å². The summed E-state index contributed by atoms with van der Waals surface area (Å²) in [7, 11) is 0. The normalized spacial score (nSPS) is 16.8. The van der Waals surface area contributed by atoms with Crippen LogP contribution in [0.3, 0.4) is 0 Å². The van der Waals surface area contributed by atoms with Crippen LogP contribution in [0, 0.1) is 12.3 Å². The quantitative estimate of drug-likeness (QED) is 0.0857. The highest BCUT2D eigenvalue weighted by Gasteiger charge is 2.45. The lowest BCUT2D eigenvalue weighted by Gasteiger charge is -2.26. The smallest absolute Gasteiger partial charge is 0.220 e. The zero-order chi connectivity index (χ0) is 33.9. The van der Waals surface area contributed by atoms with Crippen molar-refractivity contribution in [1.29, 1.82) is 0 Å². The Morgan fingerprint density at radius 2 is 1.51 bits per heavy atom. The number of likely N-dealkylation sites (N-methyl/N-ethyl adjacent to an activating group) is 1. The van der Waals surface area contributed by atoms with Gasteiger partial charge in [0, 0.05) is 53.9 Å². The second-order valence-corrected chi connectivity index (χ2v) is 14.0. The number of allylic oxidation sites excluding steroid dienone is 6. The predicted molar refractivity (Wildman–Crippen MR) is 203 cm³/mol. The number of carbonyl (C=O) groups is 1. The lowest BCUT2D eigenvalue weighted by atomic mass is 9.79. The van der Waals surface area contributed by atoms with Gasteiger partial charge in [0.15, 0.2) is 5.71 Å². The Hall–Kier alpha value is -4.59. The van der Waals surface area contributed by atoms with Gasteiger partial charge in [0.2, 0.25) is 11.6 Å². The van der Waals surface area contributed by atoms with E-state index in [0.717, 1.165) is 32.4 Å². The third kappa shape index (κ3) is 6.70. The van der Waals surface area contributed by atoms with E-state index in [4.69, 9.17) is 6.42 Å². The first-order valence-electron chi connectivity index (χ1n) is 17.4. The van der Waals surface area contributed by atoms with Crippen molar-refractivity contribution in [3.8, 4) is 12.3 Å². The van der Waals surface area contributed by atoms with Gasteiger partial charge in [-0.2, -0.15) is 4.58 Å². The molecule has 0 fully saturated rings. The molecule has 0 aromatic heterocycles. The van der Waals surface area contributed by atoms with Crippen molar-refractivity contribution in [2.75, 3.05) is 24.5 Å². The molecule has 0 spiro atoms. The number of anilines is 1. The molecule has 4 nitrogen and oxygen atoms in total. The number of amides is 1. The van der Waals surface area contributed by atoms with E-state index in [2.05, 4.69) is 159 Å². The van der Waals surface area contributed by atoms with E-state index in [-0.39, 0.29) is 29.1 Å². The average Bonchev–Trinajstić information content (AvgIpc) is 3.45. The number of carbonyl (C=O) groups excluding carboxylic acids is 1. The van der Waals surface area contributed by atoms with Crippen LogP contribution >= 0.6 is 0 Å². The molecule has 1 N–H and O–H groups in total. The highest BCUT2D eigenvalue weighted by atomic mass is 35.5. The van der Waals surface area contributed by atoms with E-state index in [1.54, 1.807) is 0 Å². The molecule has 0 aliphatic carbocycles. The molecule has 4 aromatic carbocycles. The molecule has 2 aliphatic heterocycles. The van der Waals surface area contributed by atoms with Gasteiger partial charge in [-0.3, -0.25) is 4.79 Å². The van der Waals surface area contributed by atoms with Gasteiger partial charge in [-0.15, -0.1) is 6.42 Å². The number of rotatable bonds is 11. The Balaban J connectivity index is 0.00000468. The number of nitrogens with one attached hydrogen (secondary N) is 1. The lowest BCUT2D eigenvalue weighted by Crippen LogP contribution is -3.00. The van der Waals surface area contributed by atoms with Crippen molar-refractivity contribution in [1.82, 2.24) is 5.32 Å². The molecule has 0 radical (unpaired) electrons. The Kier molecular flexibility index (Phi) is 10.9. The van der Waals surface area contributed by atoms with Gasteiger partial charge in [0.25, 0.3) is 0 Å². The maximum atomic E-state index is 12.0. The zero-order valence-electron chi connectivity index (χ0n) is 29.5. The van der Waals surface area contributed by atoms with E-state index in [0.29, 0.717) is 13.0 Å². The number of unbranched alkanes of at least 4 members (excludes halogenated alkanes) is 2. The maximum absolute atomic E-state index is 12.0. The van der Waals surface area contributed by atoms with Crippen molar-refractivity contribution in [3.05, 3.63) is 120 Å². The van der Waals surface area contributed by atoms with E-state index in [9.17, 15) is 4.79 Å². The third-order valence-corrected chi connectivity index (χ3v) is 10.2. The number of terminal acetylenes is 1. The molecule has 2 aliphatic rings. The topological polar surface area (TPSA) is 35.4 Å². The van der Waals surface area contributed by atoms with E-state index >= 15 is 0 Å². The molecular formula is C44H48ClN3O. The SMILES string of the molecule is C#CCNC(=O)CCCCC[N+]1=C(C=CC=CC=C2N(CC)c3ccc4ccccc4c3C2(C)C)C(C)(C)c2c1ccc1ccccc21.[Cl-]. The van der Waals surface area contributed by atoms with Gasteiger partial charge in [-0.25, -0.2) is 0 Å². The lowest BCUT2D eigenvalue weighted by molar-refractivity contribution is -0.438. The minimum absolute atomic E-state index is 0. The second-order valence-electron chi connectivity index (χ2n) is 14.0. The molecule has 0 bridgehead atoms. The first-order valence-corrected chi connectivity index (χ1v) is 17.4. The van der Waals surface area contributed by atoms with Gasteiger partial charge in [0.1, 0.15) is 6.54 Å². The number of benzene rings is 4. The van der Waals surface area contributed by atoms with Gasteiger partial charge in [0.05, 0.1) is 12.0 Å². The maximum Gasteiger partial charge on any atom is 0.220 e. The molecule has 252 valence electrons. The summed E-state index contributed by atoms with van der Waals surface area (Å²) in [4.78, 5) is 14.5. The number of hydrogen-bond acceptors (Lipinski definition) is 2. The van der Waals surface area contributed by atoms with Crippen molar-refractivity contribution < 1.29 is 21.8 Å². The summed E-state index contributed by atoms with van der Waals surface area (Å²) in [6, 6.07) is 26.5.